The number of carboxylic acid groups (broad SMARTS) is 1. The third kappa shape index (κ3) is 2.80. The van der Waals surface area contributed by atoms with Crippen LogP contribution in [-0.4, -0.2) is 31.6 Å². The zero-order valence-corrected chi connectivity index (χ0v) is 12.2. The van der Waals surface area contributed by atoms with Gasteiger partial charge in [-0.15, -0.1) is 21.5 Å². The van der Waals surface area contributed by atoms with Crippen LogP contribution in [0.3, 0.4) is 0 Å². The van der Waals surface area contributed by atoms with Gasteiger partial charge in [0.2, 0.25) is 0 Å². The Labute approximate surface area is 121 Å². The van der Waals surface area contributed by atoms with Crippen LogP contribution in [-0.2, 0) is 11.8 Å². The second-order valence-electron chi connectivity index (χ2n) is 3.29. The van der Waals surface area contributed by atoms with Crippen molar-refractivity contribution in [2.24, 2.45) is 7.05 Å². The molecule has 0 aliphatic rings. The van der Waals surface area contributed by atoms with Gasteiger partial charge < -0.3 is 9.67 Å². The average Bonchev–Trinajstić information content (AvgIpc) is 2.79. The molecular formula is C9H7Cl2N3O2S2. The Kier molecular flexibility index (Phi) is 4.16. The topological polar surface area (TPSA) is 68.0 Å². The third-order valence-electron chi connectivity index (χ3n) is 2.06. The van der Waals surface area contributed by atoms with E-state index in [1.54, 1.807) is 17.7 Å². The maximum absolute atomic E-state index is 10.5. The molecule has 0 bridgehead atoms. The largest absolute Gasteiger partial charge is 0.481 e. The number of hydrogen-bond acceptors (Lipinski definition) is 5. The standard InChI is InChI=1S/C9H7Cl2N3O2S2/c1-14-8(4-2-5(10)18-7(4)11)12-13-9(14)17-3-6(15)16/h2H,3H2,1H3,(H,15,16). The fourth-order valence-corrected chi connectivity index (χ4v) is 3.38. The number of carbonyl (C=O) groups is 1. The number of thiophene rings is 1. The quantitative estimate of drug-likeness (QED) is 0.876. The molecule has 96 valence electrons. The predicted octanol–water partition coefficient (Wildman–Crippen LogP) is 3.03. The van der Waals surface area contributed by atoms with Gasteiger partial charge >= 0.3 is 5.97 Å². The van der Waals surface area contributed by atoms with Gasteiger partial charge in [-0.05, 0) is 6.07 Å². The summed E-state index contributed by atoms with van der Waals surface area (Å²) in [6, 6.07) is 1.71. The van der Waals surface area contributed by atoms with E-state index in [4.69, 9.17) is 28.3 Å². The Morgan fingerprint density at radius 1 is 1.56 bits per heavy atom. The van der Waals surface area contributed by atoms with E-state index < -0.39 is 5.97 Å². The summed E-state index contributed by atoms with van der Waals surface area (Å²) in [4.78, 5) is 10.5. The van der Waals surface area contributed by atoms with Crippen molar-refractivity contribution in [3.8, 4) is 11.4 Å². The van der Waals surface area contributed by atoms with Gasteiger partial charge in [0.15, 0.2) is 11.0 Å². The molecule has 0 aliphatic heterocycles. The maximum atomic E-state index is 10.5. The van der Waals surface area contributed by atoms with Crippen LogP contribution in [0.4, 0.5) is 0 Å². The zero-order chi connectivity index (χ0) is 13.3. The third-order valence-corrected chi connectivity index (χ3v) is 4.55. The SMILES string of the molecule is Cn1c(SCC(=O)O)nnc1-c1cc(Cl)sc1Cl. The summed E-state index contributed by atoms with van der Waals surface area (Å²) in [5.41, 5.74) is 0.698. The van der Waals surface area contributed by atoms with E-state index in [0.717, 1.165) is 11.8 Å². The van der Waals surface area contributed by atoms with Gasteiger partial charge in [-0.1, -0.05) is 35.0 Å². The van der Waals surface area contributed by atoms with Crippen LogP contribution < -0.4 is 0 Å². The first-order valence-corrected chi connectivity index (χ1v) is 7.24. The number of halogens is 2. The summed E-state index contributed by atoms with van der Waals surface area (Å²) in [5.74, 6) is -0.401. The van der Waals surface area contributed by atoms with Crippen molar-refractivity contribution in [2.45, 2.75) is 5.16 Å². The normalized spacial score (nSPS) is 10.8. The second kappa shape index (κ2) is 5.48. The summed E-state index contributed by atoms with van der Waals surface area (Å²) in [7, 11) is 1.75. The lowest BCUT2D eigenvalue weighted by molar-refractivity contribution is -0.133. The highest BCUT2D eigenvalue weighted by molar-refractivity contribution is 7.99. The van der Waals surface area contributed by atoms with Gasteiger partial charge in [0.25, 0.3) is 0 Å². The molecule has 0 saturated heterocycles. The minimum absolute atomic E-state index is 0.0654. The molecule has 0 amide bonds. The van der Waals surface area contributed by atoms with Gasteiger partial charge in [0, 0.05) is 7.05 Å². The molecule has 2 heterocycles. The molecule has 2 aromatic heterocycles. The summed E-state index contributed by atoms with van der Waals surface area (Å²) in [6.07, 6.45) is 0. The number of hydrogen-bond donors (Lipinski definition) is 1. The monoisotopic (exact) mass is 323 g/mol. The average molecular weight is 324 g/mol. The van der Waals surface area contributed by atoms with Crippen molar-refractivity contribution in [2.75, 3.05) is 5.75 Å². The van der Waals surface area contributed by atoms with E-state index in [1.807, 2.05) is 0 Å². The summed E-state index contributed by atoms with van der Waals surface area (Å²) >= 11 is 14.3. The summed E-state index contributed by atoms with van der Waals surface area (Å²) < 4.78 is 2.79. The molecule has 5 nitrogen and oxygen atoms in total. The van der Waals surface area contributed by atoms with Crippen LogP contribution in [0.1, 0.15) is 0 Å². The minimum atomic E-state index is -0.902. The smallest absolute Gasteiger partial charge is 0.313 e. The van der Waals surface area contributed by atoms with Gasteiger partial charge in [-0.2, -0.15) is 0 Å². The first-order chi connectivity index (χ1) is 8.49. The Bertz CT molecular complexity index is 597. The van der Waals surface area contributed by atoms with Gasteiger partial charge in [-0.3, -0.25) is 4.79 Å². The van der Waals surface area contributed by atoms with Gasteiger partial charge in [0.1, 0.15) is 4.34 Å². The fourth-order valence-electron chi connectivity index (χ4n) is 1.29. The Hall–Kier alpha value is -0.760. The molecule has 0 atom stereocenters. The van der Waals surface area contributed by atoms with E-state index in [-0.39, 0.29) is 5.75 Å². The van der Waals surface area contributed by atoms with Crippen molar-refractivity contribution in [1.29, 1.82) is 0 Å². The molecule has 0 aliphatic carbocycles. The molecule has 1 N–H and O–H groups in total. The van der Waals surface area contributed by atoms with Crippen LogP contribution in [0.5, 0.6) is 0 Å². The lowest BCUT2D eigenvalue weighted by Crippen LogP contribution is -2.00. The molecule has 9 heteroatoms. The summed E-state index contributed by atoms with van der Waals surface area (Å²) in [5, 5.41) is 17.1. The Morgan fingerprint density at radius 3 is 2.83 bits per heavy atom. The van der Waals surface area contributed by atoms with E-state index in [2.05, 4.69) is 10.2 Å². The molecular weight excluding hydrogens is 317 g/mol. The van der Waals surface area contributed by atoms with E-state index in [1.165, 1.54) is 11.3 Å². The van der Waals surface area contributed by atoms with Crippen LogP contribution >= 0.6 is 46.3 Å². The minimum Gasteiger partial charge on any atom is -0.481 e. The van der Waals surface area contributed by atoms with Gasteiger partial charge in [0.05, 0.1) is 15.7 Å². The molecule has 0 fully saturated rings. The summed E-state index contributed by atoms with van der Waals surface area (Å²) in [6.45, 7) is 0. The molecule has 2 rings (SSSR count). The molecule has 0 aromatic carbocycles. The first-order valence-electron chi connectivity index (χ1n) is 4.68. The fraction of sp³-hybridized carbons (Fsp3) is 0.222. The molecule has 18 heavy (non-hydrogen) atoms. The number of rotatable bonds is 4. The van der Waals surface area contributed by atoms with E-state index in [9.17, 15) is 4.79 Å². The Balaban J connectivity index is 2.30. The molecule has 0 radical (unpaired) electrons. The van der Waals surface area contributed by atoms with Crippen LogP contribution in [0.15, 0.2) is 11.2 Å². The number of aliphatic carboxylic acids is 1. The van der Waals surface area contributed by atoms with Crippen molar-refractivity contribution in [3.63, 3.8) is 0 Å². The van der Waals surface area contributed by atoms with Crippen LogP contribution in [0, 0.1) is 0 Å². The highest BCUT2D eigenvalue weighted by Gasteiger charge is 2.17. The molecule has 2 aromatic rings. The number of nitrogens with zero attached hydrogens (tertiary/aromatic N) is 3. The van der Waals surface area contributed by atoms with Crippen LogP contribution in [0.2, 0.25) is 8.67 Å². The van der Waals surface area contributed by atoms with Gasteiger partial charge in [-0.25, -0.2) is 0 Å². The second-order valence-corrected chi connectivity index (χ2v) is 6.51. The highest BCUT2D eigenvalue weighted by Crippen LogP contribution is 2.37. The highest BCUT2D eigenvalue weighted by atomic mass is 35.5. The molecule has 0 unspecified atom stereocenters. The first kappa shape index (κ1) is 13.7. The Morgan fingerprint density at radius 2 is 2.28 bits per heavy atom. The van der Waals surface area contributed by atoms with Crippen molar-refractivity contribution < 1.29 is 9.90 Å². The lowest BCUT2D eigenvalue weighted by atomic mass is 10.3. The van der Waals surface area contributed by atoms with Crippen molar-refractivity contribution >= 4 is 52.3 Å². The van der Waals surface area contributed by atoms with E-state index in [0.29, 0.717) is 25.2 Å². The van der Waals surface area contributed by atoms with Crippen molar-refractivity contribution in [1.82, 2.24) is 14.8 Å². The lowest BCUT2D eigenvalue weighted by Gasteiger charge is -2.01. The number of aromatic nitrogens is 3. The van der Waals surface area contributed by atoms with E-state index >= 15 is 0 Å². The number of thioether (sulfide) groups is 1. The maximum Gasteiger partial charge on any atom is 0.313 e. The molecule has 0 spiro atoms. The number of carboxylic acids is 1. The predicted molar refractivity (Wildman–Crippen MR) is 72.7 cm³/mol. The zero-order valence-electron chi connectivity index (χ0n) is 9.05. The van der Waals surface area contributed by atoms with Crippen molar-refractivity contribution in [3.05, 3.63) is 14.7 Å². The molecule has 0 saturated carbocycles. The van der Waals surface area contributed by atoms with Crippen LogP contribution in [0.25, 0.3) is 11.4 Å².